The number of aliphatic hydroxyl groups excluding tert-OH is 1. The molecule has 0 unspecified atom stereocenters. The molecule has 2 heterocycles. The molecule has 0 bridgehead atoms. The second-order valence-electron chi connectivity index (χ2n) is 6.18. The average molecular weight is 315 g/mol. The zero-order valence-electron chi connectivity index (χ0n) is 14.1. The molecule has 1 atom stereocenters. The van der Waals surface area contributed by atoms with E-state index in [0.717, 1.165) is 17.1 Å². The Balaban J connectivity index is 2.37. The number of hydrogen-bond acceptors (Lipinski definition) is 6. The Kier molecular flexibility index (Phi) is 5.87. The van der Waals surface area contributed by atoms with Crippen LogP contribution < -0.4 is 10.6 Å². The maximum Gasteiger partial charge on any atom is 0.225 e. The largest absolute Gasteiger partial charge is 0.394 e. The van der Waals surface area contributed by atoms with Gasteiger partial charge in [0.25, 0.3) is 0 Å². The van der Waals surface area contributed by atoms with E-state index in [4.69, 9.17) is 0 Å². The third-order valence-electron chi connectivity index (χ3n) is 3.44. The number of anilines is 2. The molecule has 2 aromatic rings. The summed E-state index contributed by atoms with van der Waals surface area (Å²) in [6.45, 7) is 8.25. The number of aromatic nitrogens is 3. The van der Waals surface area contributed by atoms with E-state index in [0.29, 0.717) is 5.95 Å². The molecule has 0 radical (unpaired) electrons. The lowest BCUT2D eigenvalue weighted by atomic mass is 10.1. The third-order valence-corrected chi connectivity index (χ3v) is 3.44. The van der Waals surface area contributed by atoms with Crippen molar-refractivity contribution in [1.29, 1.82) is 0 Å². The van der Waals surface area contributed by atoms with Crippen molar-refractivity contribution in [2.24, 2.45) is 5.92 Å². The summed E-state index contributed by atoms with van der Waals surface area (Å²) in [6, 6.07) is 5.92. The first kappa shape index (κ1) is 17.1. The first-order valence-corrected chi connectivity index (χ1v) is 7.93. The van der Waals surface area contributed by atoms with Gasteiger partial charge in [-0.25, -0.2) is 4.98 Å². The van der Waals surface area contributed by atoms with E-state index >= 15 is 0 Å². The van der Waals surface area contributed by atoms with Crippen LogP contribution in [0.2, 0.25) is 0 Å². The van der Waals surface area contributed by atoms with Crippen LogP contribution in [0.4, 0.5) is 11.8 Å². The smallest absolute Gasteiger partial charge is 0.225 e. The molecule has 124 valence electrons. The molecule has 0 aliphatic carbocycles. The van der Waals surface area contributed by atoms with Crippen LogP contribution in [0.15, 0.2) is 30.6 Å². The van der Waals surface area contributed by atoms with Crippen LogP contribution in [0.1, 0.15) is 27.7 Å². The first-order chi connectivity index (χ1) is 11.0. The quantitative estimate of drug-likeness (QED) is 0.729. The van der Waals surface area contributed by atoms with Gasteiger partial charge in [0.1, 0.15) is 5.82 Å². The maximum absolute atomic E-state index is 9.52. The highest BCUT2D eigenvalue weighted by molar-refractivity contribution is 5.63. The minimum absolute atomic E-state index is 0.0328. The highest BCUT2D eigenvalue weighted by atomic mass is 16.3. The minimum Gasteiger partial charge on any atom is -0.394 e. The molecule has 0 aliphatic rings. The second-order valence-corrected chi connectivity index (χ2v) is 6.18. The van der Waals surface area contributed by atoms with E-state index in [9.17, 15) is 5.11 Å². The molecule has 0 spiro atoms. The molecular formula is C17H25N5O. The highest BCUT2D eigenvalue weighted by Crippen LogP contribution is 2.22. The number of hydrogen-bond donors (Lipinski definition) is 3. The van der Waals surface area contributed by atoms with Crippen LogP contribution in [0.3, 0.4) is 0 Å². The van der Waals surface area contributed by atoms with Crippen LogP contribution in [0.25, 0.3) is 11.3 Å². The molecule has 3 N–H and O–H groups in total. The standard InChI is InChI=1S/C17H25N5O/c1-11(2)15(10-23)21-17-20-14(13-6-5-7-18-9-13)8-16(22-17)19-12(3)4/h5-9,11-12,15,23H,10H2,1-4H3,(H2,19,20,21,22)/t15-/m0/s1. The molecule has 0 saturated heterocycles. The molecule has 0 amide bonds. The van der Waals surface area contributed by atoms with Gasteiger partial charge in [0.15, 0.2) is 0 Å². The van der Waals surface area contributed by atoms with Gasteiger partial charge in [0.2, 0.25) is 5.95 Å². The Hall–Kier alpha value is -2.21. The zero-order valence-corrected chi connectivity index (χ0v) is 14.1. The fraction of sp³-hybridized carbons (Fsp3) is 0.471. The summed E-state index contributed by atoms with van der Waals surface area (Å²) in [4.78, 5) is 13.2. The Bertz CT molecular complexity index is 616. The van der Waals surface area contributed by atoms with Crippen LogP contribution in [0, 0.1) is 5.92 Å². The summed E-state index contributed by atoms with van der Waals surface area (Å²) in [5.74, 6) is 1.52. The number of pyridine rings is 1. The normalized spacial score (nSPS) is 12.5. The van der Waals surface area contributed by atoms with E-state index in [1.807, 2.05) is 32.0 Å². The van der Waals surface area contributed by atoms with E-state index in [1.54, 1.807) is 12.4 Å². The van der Waals surface area contributed by atoms with Crippen molar-refractivity contribution in [2.75, 3.05) is 17.2 Å². The van der Waals surface area contributed by atoms with Crippen molar-refractivity contribution in [3.05, 3.63) is 30.6 Å². The van der Waals surface area contributed by atoms with Gasteiger partial charge in [-0.15, -0.1) is 0 Å². The van der Waals surface area contributed by atoms with Crippen molar-refractivity contribution >= 4 is 11.8 Å². The summed E-state index contributed by atoms with van der Waals surface area (Å²) in [5.41, 5.74) is 1.72. The van der Waals surface area contributed by atoms with Crippen LogP contribution >= 0.6 is 0 Å². The summed E-state index contributed by atoms with van der Waals surface area (Å²) in [6.07, 6.45) is 3.51. The molecule has 0 fully saturated rings. The van der Waals surface area contributed by atoms with Gasteiger partial charge in [-0.2, -0.15) is 4.98 Å². The third kappa shape index (κ3) is 4.89. The van der Waals surface area contributed by atoms with Gasteiger partial charge >= 0.3 is 0 Å². The molecule has 2 aromatic heterocycles. The summed E-state index contributed by atoms with van der Waals surface area (Å²) >= 11 is 0. The molecular weight excluding hydrogens is 290 g/mol. The van der Waals surface area contributed by atoms with Crippen molar-refractivity contribution in [2.45, 2.75) is 39.8 Å². The SMILES string of the molecule is CC(C)Nc1cc(-c2cccnc2)nc(N[C@@H](CO)C(C)C)n1. The number of nitrogens with one attached hydrogen (secondary N) is 2. The Morgan fingerprint density at radius 1 is 1.13 bits per heavy atom. The molecule has 2 rings (SSSR count). The maximum atomic E-state index is 9.52. The van der Waals surface area contributed by atoms with Gasteiger partial charge in [-0.05, 0) is 31.9 Å². The fourth-order valence-corrected chi connectivity index (χ4v) is 2.13. The second kappa shape index (κ2) is 7.87. The number of aliphatic hydroxyl groups is 1. The Morgan fingerprint density at radius 3 is 2.48 bits per heavy atom. The van der Waals surface area contributed by atoms with Crippen molar-refractivity contribution in [3.8, 4) is 11.3 Å². The average Bonchev–Trinajstić information content (AvgIpc) is 2.52. The Labute approximate surface area is 137 Å². The highest BCUT2D eigenvalue weighted by Gasteiger charge is 2.15. The monoisotopic (exact) mass is 315 g/mol. The molecule has 0 aliphatic heterocycles. The Morgan fingerprint density at radius 2 is 1.91 bits per heavy atom. The number of rotatable bonds is 7. The topological polar surface area (TPSA) is 83.0 Å². The van der Waals surface area contributed by atoms with Gasteiger partial charge in [0.05, 0.1) is 18.3 Å². The van der Waals surface area contributed by atoms with Crippen LogP contribution in [-0.2, 0) is 0 Å². The fourth-order valence-electron chi connectivity index (χ4n) is 2.13. The van der Waals surface area contributed by atoms with Gasteiger partial charge < -0.3 is 15.7 Å². The predicted molar refractivity (Wildman–Crippen MR) is 93.4 cm³/mol. The van der Waals surface area contributed by atoms with E-state index in [2.05, 4.69) is 39.4 Å². The van der Waals surface area contributed by atoms with Crippen molar-refractivity contribution in [1.82, 2.24) is 15.0 Å². The lowest BCUT2D eigenvalue weighted by Gasteiger charge is -2.21. The van der Waals surface area contributed by atoms with E-state index in [-0.39, 0.29) is 24.6 Å². The number of nitrogens with zero attached hydrogens (tertiary/aromatic N) is 3. The van der Waals surface area contributed by atoms with Crippen LogP contribution in [-0.4, -0.2) is 38.7 Å². The lowest BCUT2D eigenvalue weighted by molar-refractivity contribution is 0.248. The minimum atomic E-state index is -0.0916. The summed E-state index contributed by atoms with van der Waals surface area (Å²) < 4.78 is 0. The zero-order chi connectivity index (χ0) is 16.8. The molecule has 0 saturated carbocycles. The van der Waals surface area contributed by atoms with Gasteiger partial charge in [-0.1, -0.05) is 13.8 Å². The molecule has 6 heteroatoms. The van der Waals surface area contributed by atoms with E-state index < -0.39 is 0 Å². The van der Waals surface area contributed by atoms with Crippen molar-refractivity contribution < 1.29 is 5.11 Å². The predicted octanol–water partition coefficient (Wildman–Crippen LogP) is 2.79. The summed E-state index contributed by atoms with van der Waals surface area (Å²) in [5, 5.41) is 16.0. The van der Waals surface area contributed by atoms with E-state index in [1.165, 1.54) is 0 Å². The van der Waals surface area contributed by atoms with Gasteiger partial charge in [0, 0.05) is 30.1 Å². The molecule has 23 heavy (non-hydrogen) atoms. The van der Waals surface area contributed by atoms with Crippen LogP contribution in [0.5, 0.6) is 0 Å². The molecule has 6 nitrogen and oxygen atoms in total. The lowest BCUT2D eigenvalue weighted by Crippen LogP contribution is -2.30. The first-order valence-electron chi connectivity index (χ1n) is 7.93. The van der Waals surface area contributed by atoms with Crippen molar-refractivity contribution in [3.63, 3.8) is 0 Å². The summed E-state index contributed by atoms with van der Waals surface area (Å²) in [7, 11) is 0. The van der Waals surface area contributed by atoms with Gasteiger partial charge in [-0.3, -0.25) is 4.98 Å². The molecule has 0 aromatic carbocycles.